The Labute approximate surface area is 193 Å². The summed E-state index contributed by atoms with van der Waals surface area (Å²) in [7, 11) is 5.75. The van der Waals surface area contributed by atoms with Gasteiger partial charge in [0.05, 0.1) is 19.0 Å². The average molecular weight is 454 g/mol. The van der Waals surface area contributed by atoms with E-state index in [1.165, 1.54) is 0 Å². The normalized spacial score (nSPS) is 11.0. The van der Waals surface area contributed by atoms with E-state index in [0.29, 0.717) is 19.4 Å². The van der Waals surface area contributed by atoms with Crippen molar-refractivity contribution in [2.45, 2.75) is 24.3 Å². The van der Waals surface area contributed by atoms with Crippen molar-refractivity contribution in [2.24, 2.45) is 5.73 Å². The highest BCUT2D eigenvalue weighted by atomic mass is 32.2. The summed E-state index contributed by atoms with van der Waals surface area (Å²) in [5, 5.41) is 9.99. The van der Waals surface area contributed by atoms with E-state index in [4.69, 9.17) is 10.5 Å². The van der Waals surface area contributed by atoms with Gasteiger partial charge in [-0.15, -0.1) is 11.8 Å². The fraction of sp³-hybridized carbons (Fsp3) is 0.333. The summed E-state index contributed by atoms with van der Waals surface area (Å²) in [4.78, 5) is 16.0. The lowest BCUT2D eigenvalue weighted by atomic mass is 10.0. The highest BCUT2D eigenvalue weighted by Crippen LogP contribution is 2.32. The fourth-order valence-corrected chi connectivity index (χ4v) is 4.45. The number of hydrogen-bond donors (Lipinski definition) is 3. The molecule has 0 aliphatic heterocycles. The predicted octanol–water partition coefficient (Wildman–Crippen LogP) is 3.77. The first-order valence-electron chi connectivity index (χ1n) is 10.6. The van der Waals surface area contributed by atoms with Gasteiger partial charge in [0, 0.05) is 41.9 Å². The van der Waals surface area contributed by atoms with Gasteiger partial charge in [-0.2, -0.15) is 5.10 Å². The van der Waals surface area contributed by atoms with Crippen LogP contribution in [0.4, 0.5) is 5.69 Å². The smallest absolute Gasteiger partial charge is 0.224 e. The molecule has 170 valence electrons. The number of benzene rings is 2. The summed E-state index contributed by atoms with van der Waals surface area (Å²) in [6.07, 6.45) is 4.63. The number of rotatable bonds is 11. The van der Waals surface area contributed by atoms with E-state index < -0.39 is 0 Å². The van der Waals surface area contributed by atoms with E-state index in [0.717, 1.165) is 50.9 Å². The molecule has 0 unspecified atom stereocenters. The van der Waals surface area contributed by atoms with Crippen LogP contribution in [0, 0.1) is 0 Å². The van der Waals surface area contributed by atoms with Gasteiger partial charge in [-0.05, 0) is 61.5 Å². The topological polar surface area (TPSA) is 96.3 Å². The van der Waals surface area contributed by atoms with Gasteiger partial charge in [0.1, 0.15) is 5.75 Å². The molecule has 2 aromatic carbocycles. The lowest BCUT2D eigenvalue weighted by molar-refractivity contribution is -0.116. The Balaban J connectivity index is 1.71. The second kappa shape index (κ2) is 11.7. The zero-order valence-corrected chi connectivity index (χ0v) is 19.7. The Hall–Kier alpha value is -2.81. The van der Waals surface area contributed by atoms with Crippen LogP contribution in [-0.4, -0.2) is 54.5 Å². The number of carbonyl (C=O) groups is 1. The van der Waals surface area contributed by atoms with Crippen LogP contribution in [0.25, 0.3) is 11.1 Å². The zero-order valence-electron chi connectivity index (χ0n) is 18.9. The van der Waals surface area contributed by atoms with Gasteiger partial charge in [0.15, 0.2) is 0 Å². The molecule has 0 radical (unpaired) electrons. The van der Waals surface area contributed by atoms with Gasteiger partial charge in [0.2, 0.25) is 5.91 Å². The summed E-state index contributed by atoms with van der Waals surface area (Å²) < 4.78 is 5.31. The Morgan fingerprint density at radius 2 is 2.03 bits per heavy atom. The van der Waals surface area contributed by atoms with Crippen molar-refractivity contribution in [2.75, 3.05) is 38.8 Å². The molecular weight excluding hydrogens is 422 g/mol. The number of H-pyrrole nitrogens is 1. The van der Waals surface area contributed by atoms with Crippen molar-refractivity contribution in [1.82, 2.24) is 15.1 Å². The Morgan fingerprint density at radius 1 is 1.19 bits per heavy atom. The van der Waals surface area contributed by atoms with E-state index in [9.17, 15) is 4.79 Å². The standard InChI is InChI=1S/C24H31N5O2S/c1-29(2)10-11-32-23-13-18(20-15-26-27-16-20)5-8-22(23)28-24(30)9-6-17-12-21(31-3)7-4-19(17)14-25/h4-5,7-8,12-13,15-16H,6,9-11,14,25H2,1-3H3,(H,26,27)(H,28,30). The number of aryl methyl sites for hydroxylation is 1. The third-order valence-electron chi connectivity index (χ3n) is 5.14. The molecule has 8 heteroatoms. The maximum Gasteiger partial charge on any atom is 0.224 e. The maximum atomic E-state index is 12.8. The minimum atomic E-state index is -0.0266. The number of aromatic amines is 1. The van der Waals surface area contributed by atoms with Crippen molar-refractivity contribution >= 4 is 23.4 Å². The number of hydrogen-bond acceptors (Lipinski definition) is 6. The first kappa shape index (κ1) is 23.8. The molecule has 0 atom stereocenters. The second-order valence-electron chi connectivity index (χ2n) is 7.74. The minimum Gasteiger partial charge on any atom is -0.497 e. The number of ether oxygens (including phenoxy) is 1. The van der Waals surface area contributed by atoms with Gasteiger partial charge in [0.25, 0.3) is 0 Å². The van der Waals surface area contributed by atoms with Gasteiger partial charge < -0.3 is 20.7 Å². The molecule has 1 heterocycles. The molecule has 4 N–H and O–H groups in total. The molecule has 3 rings (SSSR count). The Morgan fingerprint density at radius 3 is 2.72 bits per heavy atom. The molecule has 7 nitrogen and oxygen atoms in total. The molecule has 3 aromatic rings. The van der Waals surface area contributed by atoms with Crippen LogP contribution in [0.15, 0.2) is 53.7 Å². The predicted molar refractivity (Wildman–Crippen MR) is 131 cm³/mol. The quantitative estimate of drug-likeness (QED) is 0.383. The van der Waals surface area contributed by atoms with Gasteiger partial charge in [-0.1, -0.05) is 12.1 Å². The summed E-state index contributed by atoms with van der Waals surface area (Å²) in [5.41, 5.74) is 10.8. The van der Waals surface area contributed by atoms with Crippen LogP contribution in [0.1, 0.15) is 17.5 Å². The Bertz CT molecular complexity index is 1020. The van der Waals surface area contributed by atoms with Crippen LogP contribution in [-0.2, 0) is 17.8 Å². The first-order valence-corrected chi connectivity index (χ1v) is 11.5. The number of nitrogens with two attached hydrogens (primary N) is 1. The fourth-order valence-electron chi connectivity index (χ4n) is 3.29. The van der Waals surface area contributed by atoms with Crippen molar-refractivity contribution in [3.8, 4) is 16.9 Å². The van der Waals surface area contributed by atoms with Crippen LogP contribution >= 0.6 is 11.8 Å². The number of anilines is 1. The second-order valence-corrected chi connectivity index (χ2v) is 8.87. The summed E-state index contributed by atoms with van der Waals surface area (Å²) in [6.45, 7) is 1.38. The van der Waals surface area contributed by atoms with Crippen LogP contribution in [0.5, 0.6) is 5.75 Å². The summed E-state index contributed by atoms with van der Waals surface area (Å²) in [6, 6.07) is 11.9. The van der Waals surface area contributed by atoms with Crippen molar-refractivity contribution in [3.63, 3.8) is 0 Å². The molecule has 1 aromatic heterocycles. The molecule has 1 amide bonds. The van der Waals surface area contributed by atoms with Gasteiger partial charge >= 0.3 is 0 Å². The zero-order chi connectivity index (χ0) is 22.9. The third kappa shape index (κ3) is 6.59. The molecule has 0 spiro atoms. The number of nitrogens with zero attached hydrogens (tertiary/aromatic N) is 2. The lowest BCUT2D eigenvalue weighted by Gasteiger charge is -2.15. The monoisotopic (exact) mass is 453 g/mol. The van der Waals surface area contributed by atoms with Crippen LogP contribution in [0.3, 0.4) is 0 Å². The maximum absolute atomic E-state index is 12.8. The van der Waals surface area contributed by atoms with Crippen LogP contribution in [0.2, 0.25) is 0 Å². The molecule has 0 saturated heterocycles. The van der Waals surface area contributed by atoms with E-state index in [1.807, 2.05) is 36.5 Å². The summed E-state index contributed by atoms with van der Waals surface area (Å²) in [5.74, 6) is 1.67. The number of methoxy groups -OCH3 is 1. The van der Waals surface area contributed by atoms with Crippen molar-refractivity contribution in [1.29, 1.82) is 0 Å². The van der Waals surface area contributed by atoms with E-state index >= 15 is 0 Å². The molecule has 0 saturated carbocycles. The lowest BCUT2D eigenvalue weighted by Crippen LogP contribution is -2.16. The number of amides is 1. The average Bonchev–Trinajstić information content (AvgIpc) is 3.33. The number of aromatic nitrogens is 2. The van der Waals surface area contributed by atoms with Gasteiger partial charge in [-0.25, -0.2) is 0 Å². The largest absolute Gasteiger partial charge is 0.497 e. The van der Waals surface area contributed by atoms with Crippen molar-refractivity contribution in [3.05, 3.63) is 59.9 Å². The highest BCUT2D eigenvalue weighted by molar-refractivity contribution is 7.99. The molecule has 0 fully saturated rings. The summed E-state index contributed by atoms with van der Waals surface area (Å²) >= 11 is 1.73. The van der Waals surface area contributed by atoms with Crippen LogP contribution < -0.4 is 15.8 Å². The minimum absolute atomic E-state index is 0.0266. The molecular formula is C24H31N5O2S. The number of thioether (sulfide) groups is 1. The number of nitrogens with one attached hydrogen (secondary N) is 2. The van der Waals surface area contributed by atoms with Crippen molar-refractivity contribution < 1.29 is 9.53 Å². The molecule has 0 bridgehead atoms. The SMILES string of the molecule is COc1ccc(CN)c(CCC(=O)Nc2ccc(-c3cn[nH]c3)cc2SCCN(C)C)c1. The van der Waals surface area contributed by atoms with E-state index in [2.05, 4.69) is 40.6 Å². The molecule has 0 aliphatic rings. The molecule has 32 heavy (non-hydrogen) atoms. The molecule has 0 aliphatic carbocycles. The number of carbonyl (C=O) groups excluding carboxylic acids is 1. The third-order valence-corrected chi connectivity index (χ3v) is 6.17. The van der Waals surface area contributed by atoms with Gasteiger partial charge in [-0.3, -0.25) is 9.89 Å². The first-order chi connectivity index (χ1) is 15.5. The van der Waals surface area contributed by atoms with E-state index in [1.54, 1.807) is 25.1 Å². The van der Waals surface area contributed by atoms with E-state index in [-0.39, 0.29) is 5.91 Å². The Kier molecular flexibility index (Phi) is 8.72. The highest BCUT2D eigenvalue weighted by Gasteiger charge is 2.12.